The van der Waals surface area contributed by atoms with Gasteiger partial charge in [-0.15, -0.1) is 0 Å². The van der Waals surface area contributed by atoms with Crippen molar-refractivity contribution in [3.63, 3.8) is 0 Å². The smallest absolute Gasteiger partial charge is 0.330 e. The number of hydrogen-bond acceptors (Lipinski definition) is 3. The first-order valence-electron chi connectivity index (χ1n) is 5.72. The van der Waals surface area contributed by atoms with Crippen molar-refractivity contribution in [3.05, 3.63) is 41.0 Å². The lowest BCUT2D eigenvalue weighted by molar-refractivity contribution is -0.137. The van der Waals surface area contributed by atoms with Gasteiger partial charge >= 0.3 is 5.97 Å². The third-order valence-electron chi connectivity index (χ3n) is 2.37. The topological polar surface area (TPSA) is 46.5 Å². The van der Waals surface area contributed by atoms with Gasteiger partial charge in [-0.05, 0) is 37.5 Å². The van der Waals surface area contributed by atoms with E-state index in [2.05, 4.69) is 0 Å². The Morgan fingerprint density at radius 3 is 2.88 bits per heavy atom. The molecule has 0 heterocycles. The third kappa shape index (κ3) is 4.41. The van der Waals surface area contributed by atoms with Crippen molar-refractivity contribution in [3.8, 4) is 0 Å². The van der Waals surface area contributed by atoms with Gasteiger partial charge in [0.15, 0.2) is 0 Å². The Labute approximate surface area is 102 Å². The Hall–Kier alpha value is -1.61. The van der Waals surface area contributed by atoms with Gasteiger partial charge in [-0.25, -0.2) is 4.79 Å². The first-order chi connectivity index (χ1) is 8.17. The zero-order chi connectivity index (χ0) is 12.7. The van der Waals surface area contributed by atoms with Gasteiger partial charge in [0, 0.05) is 12.7 Å². The molecule has 1 aromatic rings. The van der Waals surface area contributed by atoms with Crippen molar-refractivity contribution < 1.29 is 14.6 Å². The van der Waals surface area contributed by atoms with Gasteiger partial charge in [0.1, 0.15) is 0 Å². The molecule has 0 spiro atoms. The van der Waals surface area contributed by atoms with Gasteiger partial charge in [0.25, 0.3) is 0 Å². The second-order valence-electron chi connectivity index (χ2n) is 3.76. The summed E-state index contributed by atoms with van der Waals surface area (Å²) in [5.74, 6) is -0.344. The van der Waals surface area contributed by atoms with Crippen LogP contribution < -0.4 is 0 Å². The number of carbonyl (C=O) groups is 1. The largest absolute Gasteiger partial charge is 0.463 e. The van der Waals surface area contributed by atoms with Crippen molar-refractivity contribution in [2.75, 3.05) is 13.2 Å². The molecule has 0 saturated carbocycles. The lowest BCUT2D eigenvalue weighted by Crippen LogP contribution is -1.99. The van der Waals surface area contributed by atoms with Gasteiger partial charge in [-0.2, -0.15) is 0 Å². The van der Waals surface area contributed by atoms with Crippen LogP contribution in [0, 0.1) is 6.92 Å². The number of hydrogen-bond donors (Lipinski definition) is 1. The normalized spacial score (nSPS) is 10.8. The predicted molar refractivity (Wildman–Crippen MR) is 67.6 cm³/mol. The summed E-state index contributed by atoms with van der Waals surface area (Å²) in [4.78, 5) is 11.2. The zero-order valence-corrected chi connectivity index (χ0v) is 10.3. The van der Waals surface area contributed by atoms with E-state index in [0.717, 1.165) is 16.7 Å². The monoisotopic (exact) mass is 234 g/mol. The number of aliphatic hydroxyl groups is 1. The van der Waals surface area contributed by atoms with Crippen LogP contribution in [0.3, 0.4) is 0 Å². The Bertz CT molecular complexity index is 408. The molecular formula is C14H18O3. The first kappa shape index (κ1) is 13.5. The van der Waals surface area contributed by atoms with Crippen LogP contribution in [-0.2, 0) is 16.0 Å². The van der Waals surface area contributed by atoms with Crippen molar-refractivity contribution in [1.82, 2.24) is 0 Å². The number of carbonyl (C=O) groups excluding carboxylic acids is 1. The maximum absolute atomic E-state index is 11.2. The lowest BCUT2D eigenvalue weighted by atomic mass is 10.0. The van der Waals surface area contributed by atoms with E-state index in [4.69, 9.17) is 9.84 Å². The molecule has 0 aliphatic carbocycles. The number of benzene rings is 1. The van der Waals surface area contributed by atoms with Crippen LogP contribution in [0.4, 0.5) is 0 Å². The van der Waals surface area contributed by atoms with Crippen molar-refractivity contribution in [2.24, 2.45) is 0 Å². The molecule has 0 unspecified atom stereocenters. The molecule has 1 N–H and O–H groups in total. The number of ether oxygens (including phenoxy) is 1. The summed E-state index contributed by atoms with van der Waals surface area (Å²) >= 11 is 0. The van der Waals surface area contributed by atoms with E-state index in [-0.39, 0.29) is 12.6 Å². The van der Waals surface area contributed by atoms with Crippen LogP contribution in [0.5, 0.6) is 0 Å². The van der Waals surface area contributed by atoms with Gasteiger partial charge in [0.2, 0.25) is 0 Å². The van der Waals surface area contributed by atoms with Gasteiger partial charge in [-0.3, -0.25) is 0 Å². The molecule has 0 amide bonds. The van der Waals surface area contributed by atoms with Crippen molar-refractivity contribution in [1.29, 1.82) is 0 Å². The molecule has 0 fully saturated rings. The number of esters is 1. The highest BCUT2D eigenvalue weighted by atomic mass is 16.5. The van der Waals surface area contributed by atoms with Crippen molar-refractivity contribution >= 4 is 12.0 Å². The third-order valence-corrected chi connectivity index (χ3v) is 2.37. The SMILES string of the molecule is CCOC(=O)/C=C/c1cc(C)ccc1CCO. The van der Waals surface area contributed by atoms with E-state index < -0.39 is 0 Å². The summed E-state index contributed by atoms with van der Waals surface area (Å²) < 4.78 is 4.82. The summed E-state index contributed by atoms with van der Waals surface area (Å²) in [7, 11) is 0. The van der Waals surface area contributed by atoms with E-state index in [1.54, 1.807) is 13.0 Å². The number of rotatable bonds is 5. The first-order valence-corrected chi connectivity index (χ1v) is 5.72. The number of aryl methyl sites for hydroxylation is 1. The van der Waals surface area contributed by atoms with Crippen molar-refractivity contribution in [2.45, 2.75) is 20.3 Å². The quantitative estimate of drug-likeness (QED) is 0.627. The van der Waals surface area contributed by atoms with Crippen LogP contribution in [0.25, 0.3) is 6.08 Å². The minimum Gasteiger partial charge on any atom is -0.463 e. The van der Waals surface area contributed by atoms with Crippen LogP contribution in [-0.4, -0.2) is 24.3 Å². The molecule has 92 valence electrons. The zero-order valence-electron chi connectivity index (χ0n) is 10.3. The van der Waals surface area contributed by atoms with Gasteiger partial charge in [0.05, 0.1) is 6.61 Å². The molecule has 1 rings (SSSR count). The van der Waals surface area contributed by atoms with E-state index in [1.807, 2.05) is 25.1 Å². The predicted octanol–water partition coefficient (Wildman–Crippen LogP) is 2.11. The average molecular weight is 234 g/mol. The fourth-order valence-electron chi connectivity index (χ4n) is 1.57. The minimum absolute atomic E-state index is 0.101. The molecule has 1 aromatic carbocycles. The molecule has 0 saturated heterocycles. The molecule has 0 radical (unpaired) electrons. The Morgan fingerprint density at radius 1 is 1.47 bits per heavy atom. The molecule has 0 atom stereocenters. The van der Waals surface area contributed by atoms with Crippen LogP contribution in [0.1, 0.15) is 23.6 Å². The highest BCUT2D eigenvalue weighted by Crippen LogP contribution is 2.14. The van der Waals surface area contributed by atoms with Gasteiger partial charge < -0.3 is 9.84 Å². The summed E-state index contributed by atoms with van der Waals surface area (Å²) in [6.07, 6.45) is 3.73. The highest BCUT2D eigenvalue weighted by Gasteiger charge is 2.01. The average Bonchev–Trinajstić information content (AvgIpc) is 2.30. The summed E-state index contributed by atoms with van der Waals surface area (Å²) in [5, 5.41) is 8.96. The maximum Gasteiger partial charge on any atom is 0.330 e. The van der Waals surface area contributed by atoms with Crippen LogP contribution in [0.15, 0.2) is 24.3 Å². The molecule has 0 aliphatic heterocycles. The summed E-state index contributed by atoms with van der Waals surface area (Å²) in [5.41, 5.74) is 3.10. The highest BCUT2D eigenvalue weighted by molar-refractivity contribution is 5.87. The molecule has 0 aliphatic rings. The molecule has 0 aromatic heterocycles. The van der Waals surface area contributed by atoms with E-state index in [9.17, 15) is 4.79 Å². The second kappa shape index (κ2) is 6.86. The van der Waals surface area contributed by atoms with E-state index >= 15 is 0 Å². The van der Waals surface area contributed by atoms with Crippen LogP contribution >= 0.6 is 0 Å². The summed E-state index contributed by atoms with van der Waals surface area (Å²) in [6, 6.07) is 5.95. The van der Waals surface area contributed by atoms with Crippen LogP contribution in [0.2, 0.25) is 0 Å². The Kier molecular flexibility index (Phi) is 5.43. The number of aliphatic hydroxyl groups excluding tert-OH is 1. The molecule has 3 heteroatoms. The molecular weight excluding hydrogens is 216 g/mol. The fraction of sp³-hybridized carbons (Fsp3) is 0.357. The van der Waals surface area contributed by atoms with E-state index in [0.29, 0.717) is 13.0 Å². The molecule has 3 nitrogen and oxygen atoms in total. The standard InChI is InChI=1S/C14H18O3/c1-3-17-14(16)7-6-13-10-11(2)4-5-12(13)8-9-15/h4-7,10,15H,3,8-9H2,1-2H3/b7-6+. The minimum atomic E-state index is -0.344. The molecule has 17 heavy (non-hydrogen) atoms. The van der Waals surface area contributed by atoms with Gasteiger partial charge in [-0.1, -0.05) is 23.8 Å². The fourth-order valence-corrected chi connectivity index (χ4v) is 1.57. The lowest BCUT2D eigenvalue weighted by Gasteiger charge is -2.05. The van der Waals surface area contributed by atoms with E-state index in [1.165, 1.54) is 6.08 Å². The maximum atomic E-state index is 11.2. The second-order valence-corrected chi connectivity index (χ2v) is 3.76. The summed E-state index contributed by atoms with van der Waals surface area (Å²) in [6.45, 7) is 4.24. The molecule has 0 bridgehead atoms. The Morgan fingerprint density at radius 2 is 2.24 bits per heavy atom. The Balaban J connectivity index is 2.87.